The van der Waals surface area contributed by atoms with Crippen molar-refractivity contribution in [2.75, 3.05) is 0 Å². The van der Waals surface area contributed by atoms with Gasteiger partial charge in [0.25, 0.3) is 0 Å². The number of H-pyrrole nitrogens is 1. The molecule has 0 saturated heterocycles. The molecule has 0 radical (unpaired) electrons. The summed E-state index contributed by atoms with van der Waals surface area (Å²) in [4.78, 5) is 25.3. The number of rotatable bonds is 2. The highest BCUT2D eigenvalue weighted by atomic mass is 79.9. The molecule has 1 aromatic carbocycles. The minimum Gasteiger partial charge on any atom is -0.478 e. The third-order valence-corrected chi connectivity index (χ3v) is 3.45. The largest absolute Gasteiger partial charge is 0.478 e. The fourth-order valence-electron chi connectivity index (χ4n) is 1.85. The molecule has 0 spiro atoms. The zero-order chi connectivity index (χ0) is 13.4. The van der Waals surface area contributed by atoms with Crippen molar-refractivity contribution in [2.45, 2.75) is 19.8 Å². The van der Waals surface area contributed by atoms with E-state index in [2.05, 4.69) is 20.9 Å². The molecule has 0 unspecified atom stereocenters. The van der Waals surface area contributed by atoms with Gasteiger partial charge in [-0.05, 0) is 39.5 Å². The Bertz CT molecular complexity index is 688. The molecule has 0 aliphatic rings. The molecule has 0 bridgehead atoms. The Kier molecular flexibility index (Phi) is 3.26. The second kappa shape index (κ2) is 4.57. The first-order valence-electron chi connectivity index (χ1n) is 5.50. The van der Waals surface area contributed by atoms with Crippen molar-refractivity contribution in [3.8, 4) is 0 Å². The van der Waals surface area contributed by atoms with Gasteiger partial charge in [-0.15, -0.1) is 0 Å². The standard InChI is InChI=1S/C13H12BrNO3/c1-6(2)7-3-8-9(13(17)18)5-11(16)15-12(8)10(14)4-7/h3-6H,1-2H3,(H,15,16)(H,17,18). The van der Waals surface area contributed by atoms with Gasteiger partial charge in [0.2, 0.25) is 5.56 Å². The van der Waals surface area contributed by atoms with Crippen LogP contribution in [0.25, 0.3) is 10.9 Å². The second-order valence-electron chi connectivity index (χ2n) is 4.43. The fourth-order valence-corrected chi connectivity index (χ4v) is 2.42. The van der Waals surface area contributed by atoms with Crippen LogP contribution in [-0.2, 0) is 0 Å². The van der Waals surface area contributed by atoms with Crippen LogP contribution >= 0.6 is 15.9 Å². The number of hydrogen-bond donors (Lipinski definition) is 2. The summed E-state index contributed by atoms with van der Waals surface area (Å²) in [5.74, 6) is -0.821. The quantitative estimate of drug-likeness (QED) is 0.895. The summed E-state index contributed by atoms with van der Waals surface area (Å²) < 4.78 is 0.698. The summed E-state index contributed by atoms with van der Waals surface area (Å²) in [6, 6.07) is 4.82. The third-order valence-electron chi connectivity index (χ3n) is 2.82. The van der Waals surface area contributed by atoms with Crippen LogP contribution in [0.2, 0.25) is 0 Å². The number of aromatic amines is 1. The van der Waals surface area contributed by atoms with Crippen LogP contribution in [0.15, 0.2) is 27.5 Å². The number of aromatic carboxylic acids is 1. The molecule has 1 heterocycles. The summed E-state index contributed by atoms with van der Waals surface area (Å²) in [5.41, 5.74) is 1.14. The van der Waals surface area contributed by atoms with Gasteiger partial charge in [0.15, 0.2) is 0 Å². The molecule has 0 fully saturated rings. The van der Waals surface area contributed by atoms with Crippen LogP contribution in [-0.4, -0.2) is 16.1 Å². The summed E-state index contributed by atoms with van der Waals surface area (Å²) in [6.45, 7) is 4.06. The van der Waals surface area contributed by atoms with Crippen molar-refractivity contribution in [3.63, 3.8) is 0 Å². The summed E-state index contributed by atoms with van der Waals surface area (Å²) in [7, 11) is 0. The number of carboxylic acids is 1. The molecule has 0 saturated carbocycles. The van der Waals surface area contributed by atoms with E-state index in [0.29, 0.717) is 15.4 Å². The van der Waals surface area contributed by atoms with Gasteiger partial charge < -0.3 is 10.1 Å². The molecule has 0 aliphatic carbocycles. The second-order valence-corrected chi connectivity index (χ2v) is 5.29. The highest BCUT2D eigenvalue weighted by molar-refractivity contribution is 9.10. The van der Waals surface area contributed by atoms with E-state index in [0.717, 1.165) is 11.6 Å². The van der Waals surface area contributed by atoms with Gasteiger partial charge in [-0.2, -0.15) is 0 Å². The first-order valence-corrected chi connectivity index (χ1v) is 6.29. The Morgan fingerprint density at radius 2 is 2.00 bits per heavy atom. The smallest absolute Gasteiger partial charge is 0.336 e. The number of aromatic nitrogens is 1. The highest BCUT2D eigenvalue weighted by Gasteiger charge is 2.14. The van der Waals surface area contributed by atoms with E-state index in [9.17, 15) is 9.59 Å². The number of hydrogen-bond acceptors (Lipinski definition) is 2. The lowest BCUT2D eigenvalue weighted by molar-refractivity contribution is 0.0699. The maximum Gasteiger partial charge on any atom is 0.336 e. The van der Waals surface area contributed by atoms with Gasteiger partial charge in [-0.25, -0.2) is 4.79 Å². The molecule has 94 valence electrons. The maximum atomic E-state index is 11.4. The molecule has 0 amide bonds. The SMILES string of the molecule is CC(C)c1cc(Br)c2[nH]c(=O)cc(C(=O)O)c2c1. The Hall–Kier alpha value is -1.62. The van der Waals surface area contributed by atoms with Crippen LogP contribution in [0.3, 0.4) is 0 Å². The number of nitrogens with one attached hydrogen (secondary N) is 1. The minimum atomic E-state index is -1.10. The molecule has 2 rings (SSSR count). The Labute approximate surface area is 112 Å². The summed E-state index contributed by atoms with van der Waals surface area (Å²) >= 11 is 3.37. The van der Waals surface area contributed by atoms with Gasteiger partial charge in [-0.3, -0.25) is 4.79 Å². The molecule has 1 aromatic heterocycles. The number of pyridine rings is 1. The topological polar surface area (TPSA) is 70.2 Å². The average Bonchev–Trinajstić information content (AvgIpc) is 2.28. The molecule has 0 atom stereocenters. The van der Waals surface area contributed by atoms with Gasteiger partial charge in [0.05, 0.1) is 11.1 Å². The molecule has 2 N–H and O–H groups in total. The molecule has 2 aromatic rings. The lowest BCUT2D eigenvalue weighted by Gasteiger charge is -2.10. The van der Waals surface area contributed by atoms with E-state index in [1.807, 2.05) is 26.0 Å². The highest BCUT2D eigenvalue weighted by Crippen LogP contribution is 2.28. The van der Waals surface area contributed by atoms with E-state index in [4.69, 9.17) is 5.11 Å². The van der Waals surface area contributed by atoms with E-state index in [1.165, 1.54) is 0 Å². The summed E-state index contributed by atoms with van der Waals surface area (Å²) in [5, 5.41) is 9.70. The zero-order valence-electron chi connectivity index (χ0n) is 9.95. The number of carboxylic acid groups (broad SMARTS) is 1. The van der Waals surface area contributed by atoms with E-state index >= 15 is 0 Å². The van der Waals surface area contributed by atoms with Crippen LogP contribution < -0.4 is 5.56 Å². The van der Waals surface area contributed by atoms with Gasteiger partial charge >= 0.3 is 5.97 Å². The van der Waals surface area contributed by atoms with E-state index < -0.39 is 11.5 Å². The molecule has 5 heteroatoms. The van der Waals surface area contributed by atoms with E-state index in [-0.39, 0.29) is 11.5 Å². The van der Waals surface area contributed by atoms with Crippen molar-refractivity contribution >= 4 is 32.8 Å². The van der Waals surface area contributed by atoms with Crippen LogP contribution in [0.1, 0.15) is 35.7 Å². The van der Waals surface area contributed by atoms with Crippen LogP contribution in [0, 0.1) is 0 Å². The third kappa shape index (κ3) is 2.18. The number of halogens is 1. The lowest BCUT2D eigenvalue weighted by Crippen LogP contribution is -2.10. The van der Waals surface area contributed by atoms with Crippen LogP contribution in [0.4, 0.5) is 0 Å². The Balaban J connectivity index is 2.92. The maximum absolute atomic E-state index is 11.4. The van der Waals surface area contributed by atoms with Crippen molar-refractivity contribution in [2.24, 2.45) is 0 Å². The van der Waals surface area contributed by atoms with Gasteiger partial charge in [0.1, 0.15) is 0 Å². The first kappa shape index (κ1) is 12.8. The van der Waals surface area contributed by atoms with Crippen molar-refractivity contribution in [3.05, 3.63) is 44.2 Å². The predicted octanol–water partition coefficient (Wildman–Crippen LogP) is 3.11. The molecular formula is C13H12BrNO3. The minimum absolute atomic E-state index is 0.0250. The molecular weight excluding hydrogens is 298 g/mol. The number of fused-ring (bicyclic) bond motifs is 1. The number of benzene rings is 1. The lowest BCUT2D eigenvalue weighted by atomic mass is 9.99. The Morgan fingerprint density at radius 3 is 2.56 bits per heavy atom. The average molecular weight is 310 g/mol. The fraction of sp³-hybridized carbons (Fsp3) is 0.231. The van der Waals surface area contributed by atoms with Gasteiger partial charge in [-0.1, -0.05) is 13.8 Å². The monoisotopic (exact) mass is 309 g/mol. The van der Waals surface area contributed by atoms with Crippen LogP contribution in [0.5, 0.6) is 0 Å². The van der Waals surface area contributed by atoms with Crippen molar-refractivity contribution < 1.29 is 9.90 Å². The van der Waals surface area contributed by atoms with Crippen molar-refractivity contribution in [1.29, 1.82) is 0 Å². The van der Waals surface area contributed by atoms with Gasteiger partial charge in [0, 0.05) is 15.9 Å². The zero-order valence-corrected chi connectivity index (χ0v) is 11.5. The molecule has 4 nitrogen and oxygen atoms in total. The molecule has 0 aliphatic heterocycles. The molecule has 18 heavy (non-hydrogen) atoms. The number of carbonyl (C=O) groups is 1. The van der Waals surface area contributed by atoms with E-state index in [1.54, 1.807) is 0 Å². The van der Waals surface area contributed by atoms with Crippen molar-refractivity contribution in [1.82, 2.24) is 4.98 Å². The normalized spacial score (nSPS) is 11.1. The summed E-state index contributed by atoms with van der Waals surface area (Å²) in [6.07, 6.45) is 0. The predicted molar refractivity (Wildman–Crippen MR) is 73.3 cm³/mol. The first-order chi connectivity index (χ1) is 8.40. The Morgan fingerprint density at radius 1 is 1.33 bits per heavy atom.